The molecule has 0 radical (unpaired) electrons. The van der Waals surface area contributed by atoms with Crippen LogP contribution in [0.3, 0.4) is 0 Å². The van der Waals surface area contributed by atoms with Crippen molar-refractivity contribution in [2.75, 3.05) is 0 Å². The molecule has 0 N–H and O–H groups in total. The van der Waals surface area contributed by atoms with Gasteiger partial charge in [0.15, 0.2) is 17.5 Å². The van der Waals surface area contributed by atoms with Crippen molar-refractivity contribution < 1.29 is 14.2 Å². The van der Waals surface area contributed by atoms with Gasteiger partial charge in [-0.15, -0.1) is 0 Å². The molecule has 4 atom stereocenters. The van der Waals surface area contributed by atoms with Gasteiger partial charge in [0.05, 0.1) is 12.9 Å². The zero-order valence-corrected chi connectivity index (χ0v) is 12.5. The van der Waals surface area contributed by atoms with E-state index in [2.05, 4.69) is 9.97 Å². The molecule has 0 spiro atoms. The summed E-state index contributed by atoms with van der Waals surface area (Å²) in [5.74, 6) is 0.0261. The molecule has 8 heteroatoms. The second kappa shape index (κ2) is 3.76. The third-order valence-corrected chi connectivity index (χ3v) is 4.64. The van der Waals surface area contributed by atoms with Crippen LogP contribution in [0.15, 0.2) is 11.1 Å². The first kappa shape index (κ1) is 12.7. The number of fused-ring (bicyclic) bond motifs is 6. The molecule has 0 saturated carbocycles. The highest BCUT2D eigenvalue weighted by molar-refractivity contribution is 5.70. The maximum atomic E-state index is 12.1. The molecule has 1 unspecified atom stereocenters. The lowest BCUT2D eigenvalue weighted by molar-refractivity contribution is -0.196. The average molecular weight is 304 g/mol. The molecule has 5 rings (SSSR count). The Morgan fingerprint density at radius 2 is 2.09 bits per heavy atom. The van der Waals surface area contributed by atoms with Gasteiger partial charge in [-0.05, 0) is 20.8 Å². The summed E-state index contributed by atoms with van der Waals surface area (Å²) < 4.78 is 22.0. The maximum Gasteiger partial charge on any atom is 0.301 e. The molecule has 116 valence electrons. The third kappa shape index (κ3) is 1.44. The Morgan fingerprint density at radius 3 is 2.91 bits per heavy atom. The van der Waals surface area contributed by atoms with Gasteiger partial charge in [-0.25, -0.2) is 4.98 Å². The fourth-order valence-corrected chi connectivity index (χ4v) is 3.80. The van der Waals surface area contributed by atoms with E-state index in [4.69, 9.17) is 14.2 Å². The number of nitrogens with zero attached hydrogens (tertiary/aromatic N) is 4. The molecule has 0 amide bonds. The molecule has 8 nitrogen and oxygen atoms in total. The number of ether oxygens (including phenoxy) is 3. The Labute approximate surface area is 125 Å². The lowest BCUT2D eigenvalue weighted by Crippen LogP contribution is -2.35. The zero-order valence-electron chi connectivity index (χ0n) is 12.5. The van der Waals surface area contributed by atoms with Crippen molar-refractivity contribution in [3.8, 4) is 0 Å². The Morgan fingerprint density at radius 1 is 1.32 bits per heavy atom. The predicted molar refractivity (Wildman–Crippen MR) is 74.3 cm³/mol. The van der Waals surface area contributed by atoms with Crippen molar-refractivity contribution in [1.82, 2.24) is 19.1 Å². The van der Waals surface area contributed by atoms with E-state index in [0.717, 1.165) is 5.65 Å². The molecule has 5 heterocycles. The van der Waals surface area contributed by atoms with Crippen molar-refractivity contribution in [3.05, 3.63) is 22.5 Å². The summed E-state index contributed by atoms with van der Waals surface area (Å²) >= 11 is 0. The Kier molecular flexibility index (Phi) is 2.18. The van der Waals surface area contributed by atoms with E-state index in [1.165, 1.54) is 0 Å². The number of rotatable bonds is 0. The molecule has 2 bridgehead atoms. The number of hydrogen-bond acceptors (Lipinski definition) is 6. The highest BCUT2D eigenvalue weighted by atomic mass is 16.8. The highest BCUT2D eigenvalue weighted by Crippen LogP contribution is 2.45. The van der Waals surface area contributed by atoms with E-state index < -0.39 is 5.79 Å². The second-order valence-corrected chi connectivity index (χ2v) is 6.53. The summed E-state index contributed by atoms with van der Waals surface area (Å²) in [5, 5.41) is 0. The van der Waals surface area contributed by atoms with E-state index in [-0.39, 0.29) is 30.1 Å². The molecule has 2 aromatic heterocycles. The van der Waals surface area contributed by atoms with Crippen LogP contribution in [-0.4, -0.2) is 43.2 Å². The van der Waals surface area contributed by atoms with Crippen LogP contribution in [0.2, 0.25) is 0 Å². The van der Waals surface area contributed by atoms with Crippen LogP contribution in [0.4, 0.5) is 0 Å². The fourth-order valence-electron chi connectivity index (χ4n) is 3.80. The lowest BCUT2D eigenvalue weighted by Gasteiger charge is -2.23. The number of aryl methyl sites for hydroxylation is 1. The first-order chi connectivity index (χ1) is 10.4. The molecule has 3 aliphatic rings. The summed E-state index contributed by atoms with van der Waals surface area (Å²) in [6, 6.07) is 0. The molecular weight excluding hydrogens is 288 g/mol. The summed E-state index contributed by atoms with van der Waals surface area (Å²) in [5.41, 5.74) is 0.814. The molecule has 2 saturated heterocycles. The van der Waals surface area contributed by atoms with Crippen molar-refractivity contribution in [2.24, 2.45) is 0 Å². The van der Waals surface area contributed by atoms with Crippen LogP contribution in [0, 0.1) is 6.92 Å². The van der Waals surface area contributed by atoms with Gasteiger partial charge in [0.2, 0.25) is 0 Å². The third-order valence-electron chi connectivity index (χ3n) is 4.64. The van der Waals surface area contributed by atoms with Crippen LogP contribution in [-0.2, 0) is 20.8 Å². The second-order valence-electron chi connectivity index (χ2n) is 6.53. The van der Waals surface area contributed by atoms with Gasteiger partial charge in [-0.1, -0.05) is 0 Å². The van der Waals surface area contributed by atoms with Crippen LogP contribution in [0.5, 0.6) is 0 Å². The Hall–Kier alpha value is -1.77. The van der Waals surface area contributed by atoms with Crippen LogP contribution >= 0.6 is 0 Å². The molecule has 0 aliphatic carbocycles. The topological polar surface area (TPSA) is 80.4 Å². The van der Waals surface area contributed by atoms with Crippen molar-refractivity contribution >= 4 is 11.2 Å². The van der Waals surface area contributed by atoms with E-state index in [1.54, 1.807) is 6.33 Å². The van der Waals surface area contributed by atoms with Crippen molar-refractivity contribution in [3.63, 3.8) is 0 Å². The first-order valence-corrected chi connectivity index (χ1v) is 7.40. The van der Waals surface area contributed by atoms with Gasteiger partial charge in [0.1, 0.15) is 29.8 Å². The average Bonchev–Trinajstić information content (AvgIpc) is 3.03. The predicted octanol–water partition coefficient (Wildman–Crippen LogP) is 0.333. The monoisotopic (exact) mass is 304 g/mol. The largest absolute Gasteiger partial charge is 0.347 e. The van der Waals surface area contributed by atoms with Gasteiger partial charge >= 0.3 is 5.56 Å². The number of aromatic nitrogens is 4. The molecule has 0 aromatic carbocycles. The summed E-state index contributed by atoms with van der Waals surface area (Å²) in [4.78, 5) is 20.4. The zero-order chi connectivity index (χ0) is 15.2. The minimum absolute atomic E-state index is 0.135. The van der Waals surface area contributed by atoms with E-state index in [1.807, 2.05) is 29.9 Å². The summed E-state index contributed by atoms with van der Waals surface area (Å²) in [6.45, 7) is 6.20. The van der Waals surface area contributed by atoms with Crippen LogP contribution in [0.25, 0.3) is 11.2 Å². The normalized spacial score (nSPS) is 34.9. The van der Waals surface area contributed by atoms with Gasteiger partial charge in [-0.2, -0.15) is 4.98 Å². The first-order valence-electron chi connectivity index (χ1n) is 7.40. The smallest absolute Gasteiger partial charge is 0.301 e. The minimum Gasteiger partial charge on any atom is -0.347 e. The summed E-state index contributed by atoms with van der Waals surface area (Å²) in [6.07, 6.45) is 0.826. The SMILES string of the molecule is Cc1nc(=O)c2ncn3c2n1C[C@H]1O[C@H]3C2OC(C)(C)O[C@H]21. The quantitative estimate of drug-likeness (QED) is 0.698. The minimum atomic E-state index is -0.631. The highest BCUT2D eigenvalue weighted by Gasteiger charge is 2.57. The molecule has 2 fully saturated rings. The summed E-state index contributed by atoms with van der Waals surface area (Å²) in [7, 11) is 0. The molecular formula is C14H16N4O4. The molecule has 3 aliphatic heterocycles. The maximum absolute atomic E-state index is 12.1. The molecule has 22 heavy (non-hydrogen) atoms. The van der Waals surface area contributed by atoms with E-state index >= 15 is 0 Å². The van der Waals surface area contributed by atoms with Gasteiger partial charge in [0.25, 0.3) is 0 Å². The Balaban J connectivity index is 1.76. The van der Waals surface area contributed by atoms with Crippen LogP contribution in [0.1, 0.15) is 25.9 Å². The number of hydrogen-bond donors (Lipinski definition) is 0. The number of imidazole rings is 1. The van der Waals surface area contributed by atoms with E-state index in [9.17, 15) is 4.79 Å². The van der Waals surface area contributed by atoms with Crippen molar-refractivity contribution in [1.29, 1.82) is 0 Å². The van der Waals surface area contributed by atoms with Gasteiger partial charge in [-0.3, -0.25) is 9.36 Å². The fraction of sp³-hybridized carbons (Fsp3) is 0.643. The lowest BCUT2D eigenvalue weighted by atomic mass is 10.1. The van der Waals surface area contributed by atoms with E-state index in [0.29, 0.717) is 17.9 Å². The van der Waals surface area contributed by atoms with Crippen LogP contribution < -0.4 is 5.56 Å². The standard InChI is InChI=1S/C14H16N4O4/c1-6-16-11(19)8-12-17(6)4-7-9-10(22-14(2,3)21-9)13(20-7)18(12)5-15-8/h5,7,9-10,13H,4H2,1-3H3/t7-,9+,10?,13+/m1/s1. The van der Waals surface area contributed by atoms with Gasteiger partial charge < -0.3 is 18.8 Å². The van der Waals surface area contributed by atoms with Crippen molar-refractivity contribution in [2.45, 2.75) is 57.6 Å². The van der Waals surface area contributed by atoms with Gasteiger partial charge in [0, 0.05) is 0 Å². The molecule has 2 aromatic rings. The Bertz CT molecular complexity index is 854.